The van der Waals surface area contributed by atoms with Gasteiger partial charge >= 0.3 is 0 Å². The lowest BCUT2D eigenvalue weighted by Gasteiger charge is -2.37. The Morgan fingerprint density at radius 1 is 0.875 bits per heavy atom. The molecule has 0 aromatic heterocycles. The van der Waals surface area contributed by atoms with Crippen LogP contribution in [0.25, 0.3) is 0 Å². The quantitative estimate of drug-likeness (QED) is 0.641. The predicted molar refractivity (Wildman–Crippen MR) is 102 cm³/mol. The SMILES string of the molecule is CCC1CCC(C2CCC(CCc3ccc(O)c(C)c3)CC2)CC1. The maximum absolute atomic E-state index is 9.65. The molecule has 2 saturated carbocycles. The molecule has 0 amide bonds. The molecule has 0 bridgehead atoms. The van der Waals surface area contributed by atoms with Gasteiger partial charge in [0, 0.05) is 0 Å². The Balaban J connectivity index is 1.40. The van der Waals surface area contributed by atoms with Gasteiger partial charge in [0.05, 0.1) is 0 Å². The number of rotatable bonds is 5. The second-order valence-electron chi connectivity index (χ2n) is 8.63. The molecule has 0 heterocycles. The number of hydrogen-bond acceptors (Lipinski definition) is 1. The number of phenols is 1. The minimum Gasteiger partial charge on any atom is -0.508 e. The van der Waals surface area contributed by atoms with Crippen molar-refractivity contribution in [3.63, 3.8) is 0 Å². The molecule has 1 aromatic rings. The monoisotopic (exact) mass is 328 g/mol. The van der Waals surface area contributed by atoms with Crippen LogP contribution in [0.1, 0.15) is 82.3 Å². The molecule has 0 spiro atoms. The molecule has 3 rings (SSSR count). The first-order valence-corrected chi connectivity index (χ1v) is 10.4. The summed E-state index contributed by atoms with van der Waals surface area (Å²) in [6.45, 7) is 4.36. The van der Waals surface area contributed by atoms with E-state index in [4.69, 9.17) is 0 Å². The van der Waals surface area contributed by atoms with Crippen LogP contribution in [0, 0.1) is 30.6 Å². The van der Waals surface area contributed by atoms with E-state index in [9.17, 15) is 5.11 Å². The summed E-state index contributed by atoms with van der Waals surface area (Å²) >= 11 is 0. The molecule has 0 radical (unpaired) electrons. The third kappa shape index (κ3) is 4.55. The second kappa shape index (κ2) is 8.41. The van der Waals surface area contributed by atoms with Gasteiger partial charge in [0.15, 0.2) is 0 Å². The Labute approximate surface area is 148 Å². The molecule has 1 aromatic carbocycles. The van der Waals surface area contributed by atoms with Crippen molar-refractivity contribution in [2.45, 2.75) is 84.5 Å². The van der Waals surface area contributed by atoms with Crippen molar-refractivity contribution in [1.29, 1.82) is 0 Å². The summed E-state index contributed by atoms with van der Waals surface area (Å²) in [5.74, 6) is 4.48. The highest BCUT2D eigenvalue weighted by molar-refractivity contribution is 5.34. The number of hydrogen-bond donors (Lipinski definition) is 1. The molecule has 2 aliphatic rings. The fourth-order valence-corrected chi connectivity index (χ4v) is 5.26. The normalized spacial score (nSPS) is 31.1. The van der Waals surface area contributed by atoms with Crippen LogP contribution in [0.3, 0.4) is 0 Å². The van der Waals surface area contributed by atoms with Crippen molar-refractivity contribution in [3.05, 3.63) is 29.3 Å². The largest absolute Gasteiger partial charge is 0.508 e. The van der Waals surface area contributed by atoms with Crippen molar-refractivity contribution in [1.82, 2.24) is 0 Å². The molecular formula is C23H36O. The first kappa shape index (κ1) is 17.8. The van der Waals surface area contributed by atoms with Crippen LogP contribution in [0.5, 0.6) is 5.75 Å². The lowest BCUT2D eigenvalue weighted by atomic mass is 9.68. The van der Waals surface area contributed by atoms with Crippen LogP contribution in [-0.4, -0.2) is 5.11 Å². The Hall–Kier alpha value is -0.980. The molecule has 2 aliphatic carbocycles. The predicted octanol–water partition coefficient (Wildman–Crippen LogP) is 6.66. The number of phenolic OH excluding ortho intramolecular Hbond substituents is 1. The van der Waals surface area contributed by atoms with E-state index in [2.05, 4.69) is 19.1 Å². The van der Waals surface area contributed by atoms with Gasteiger partial charge in [-0.1, -0.05) is 51.2 Å². The van der Waals surface area contributed by atoms with Gasteiger partial charge in [-0.3, -0.25) is 0 Å². The van der Waals surface area contributed by atoms with Crippen LogP contribution < -0.4 is 0 Å². The molecule has 2 fully saturated rings. The zero-order chi connectivity index (χ0) is 16.9. The molecule has 0 atom stereocenters. The summed E-state index contributed by atoms with van der Waals surface area (Å²) in [5, 5.41) is 9.65. The van der Waals surface area contributed by atoms with Gasteiger partial charge in [0.25, 0.3) is 0 Å². The molecule has 0 unspecified atom stereocenters. The van der Waals surface area contributed by atoms with Crippen molar-refractivity contribution < 1.29 is 5.11 Å². The lowest BCUT2D eigenvalue weighted by molar-refractivity contribution is 0.142. The molecule has 0 saturated heterocycles. The van der Waals surface area contributed by atoms with E-state index in [0.717, 1.165) is 29.2 Å². The highest BCUT2D eigenvalue weighted by Crippen LogP contribution is 2.42. The van der Waals surface area contributed by atoms with Crippen LogP contribution in [0.15, 0.2) is 18.2 Å². The van der Waals surface area contributed by atoms with Gasteiger partial charge < -0.3 is 5.11 Å². The molecule has 134 valence electrons. The second-order valence-corrected chi connectivity index (χ2v) is 8.63. The van der Waals surface area contributed by atoms with Crippen LogP contribution in [0.2, 0.25) is 0 Å². The fraction of sp³-hybridized carbons (Fsp3) is 0.739. The molecule has 1 nitrogen and oxygen atoms in total. The average molecular weight is 329 g/mol. The smallest absolute Gasteiger partial charge is 0.118 e. The summed E-state index contributed by atoms with van der Waals surface area (Å²) in [7, 11) is 0. The summed E-state index contributed by atoms with van der Waals surface area (Å²) < 4.78 is 0. The van der Waals surface area contributed by atoms with Crippen molar-refractivity contribution in [2.75, 3.05) is 0 Å². The Morgan fingerprint density at radius 2 is 1.46 bits per heavy atom. The maximum atomic E-state index is 9.65. The molecule has 1 heteroatoms. The topological polar surface area (TPSA) is 20.2 Å². The van der Waals surface area contributed by atoms with Gasteiger partial charge in [-0.2, -0.15) is 0 Å². The van der Waals surface area contributed by atoms with E-state index in [0.29, 0.717) is 5.75 Å². The Kier molecular flexibility index (Phi) is 6.25. The zero-order valence-electron chi connectivity index (χ0n) is 15.8. The van der Waals surface area contributed by atoms with E-state index < -0.39 is 0 Å². The maximum Gasteiger partial charge on any atom is 0.118 e. The lowest BCUT2D eigenvalue weighted by Crippen LogP contribution is -2.25. The number of aromatic hydroxyl groups is 1. The standard InChI is InChI=1S/C23H36O/c1-3-18-6-11-21(12-7-18)22-13-8-19(9-14-22)4-5-20-10-15-23(24)17(2)16-20/h10,15-16,18-19,21-22,24H,3-9,11-14H2,1-2H3. The van der Waals surface area contributed by atoms with E-state index in [1.165, 1.54) is 76.2 Å². The third-order valence-electron chi connectivity index (χ3n) is 7.13. The fourth-order valence-electron chi connectivity index (χ4n) is 5.26. The number of benzene rings is 1. The van der Waals surface area contributed by atoms with E-state index in [-0.39, 0.29) is 0 Å². The first-order chi connectivity index (χ1) is 11.7. The van der Waals surface area contributed by atoms with Crippen molar-refractivity contribution in [2.24, 2.45) is 23.7 Å². The van der Waals surface area contributed by atoms with Crippen molar-refractivity contribution in [3.8, 4) is 5.75 Å². The van der Waals surface area contributed by atoms with Crippen LogP contribution in [-0.2, 0) is 6.42 Å². The van der Waals surface area contributed by atoms with Gasteiger partial charge in [-0.25, -0.2) is 0 Å². The first-order valence-electron chi connectivity index (χ1n) is 10.4. The summed E-state index contributed by atoms with van der Waals surface area (Å²) in [6, 6.07) is 6.11. The highest BCUT2D eigenvalue weighted by Gasteiger charge is 2.30. The van der Waals surface area contributed by atoms with E-state index in [1.54, 1.807) is 0 Å². The van der Waals surface area contributed by atoms with Gasteiger partial charge in [-0.05, 0) is 86.3 Å². The number of aryl methyl sites for hydroxylation is 2. The summed E-state index contributed by atoms with van der Waals surface area (Å²) in [4.78, 5) is 0. The minimum atomic E-state index is 0.428. The molecule has 0 aliphatic heterocycles. The molecule has 24 heavy (non-hydrogen) atoms. The average Bonchev–Trinajstić information content (AvgIpc) is 2.63. The Morgan fingerprint density at radius 3 is 2.00 bits per heavy atom. The van der Waals surface area contributed by atoms with Gasteiger partial charge in [0.2, 0.25) is 0 Å². The summed E-state index contributed by atoms with van der Waals surface area (Å²) in [5.41, 5.74) is 2.41. The minimum absolute atomic E-state index is 0.428. The third-order valence-corrected chi connectivity index (χ3v) is 7.13. The summed E-state index contributed by atoms with van der Waals surface area (Å²) in [6.07, 6.45) is 15.8. The highest BCUT2D eigenvalue weighted by atomic mass is 16.3. The Bertz CT molecular complexity index is 505. The molecular weight excluding hydrogens is 292 g/mol. The van der Waals surface area contributed by atoms with Crippen molar-refractivity contribution >= 4 is 0 Å². The van der Waals surface area contributed by atoms with E-state index >= 15 is 0 Å². The molecule has 1 N–H and O–H groups in total. The van der Waals surface area contributed by atoms with E-state index in [1.807, 2.05) is 13.0 Å². The van der Waals surface area contributed by atoms with Crippen LogP contribution >= 0.6 is 0 Å². The van der Waals surface area contributed by atoms with Crippen LogP contribution in [0.4, 0.5) is 0 Å². The van der Waals surface area contributed by atoms with Gasteiger partial charge in [0.1, 0.15) is 5.75 Å². The van der Waals surface area contributed by atoms with Gasteiger partial charge in [-0.15, -0.1) is 0 Å². The zero-order valence-corrected chi connectivity index (χ0v) is 15.8.